The maximum Gasteiger partial charge on any atom is 0.279 e. The molecular weight excluding hydrogens is 426 g/mol. The minimum absolute atomic E-state index is 0.145. The van der Waals surface area contributed by atoms with Gasteiger partial charge in [0.25, 0.3) is 5.91 Å². The van der Waals surface area contributed by atoms with Gasteiger partial charge in [-0.1, -0.05) is 17.4 Å². The number of hydrogen-bond acceptors (Lipinski definition) is 5. The number of aryl methyl sites for hydroxylation is 2. The number of fused-ring (bicyclic) bond motifs is 1. The van der Waals surface area contributed by atoms with Crippen LogP contribution >= 0.6 is 23.1 Å². The number of benzene rings is 2. The van der Waals surface area contributed by atoms with Gasteiger partial charge in [0, 0.05) is 32.0 Å². The van der Waals surface area contributed by atoms with Crippen LogP contribution in [0.25, 0.3) is 10.2 Å². The number of carbonyl (C=O) groups is 1. The first-order valence-electron chi connectivity index (χ1n) is 8.94. The Hall–Kier alpha value is -1.94. The number of thiazole rings is 1. The first-order chi connectivity index (χ1) is 13.7. The third-order valence-electron chi connectivity index (χ3n) is 4.43. The van der Waals surface area contributed by atoms with Crippen molar-refractivity contribution in [2.75, 3.05) is 26.1 Å². The molecule has 3 rings (SSSR count). The zero-order valence-electron chi connectivity index (χ0n) is 16.7. The van der Waals surface area contributed by atoms with Crippen LogP contribution in [0.15, 0.2) is 52.4 Å². The Morgan fingerprint density at radius 3 is 2.48 bits per heavy atom. The van der Waals surface area contributed by atoms with Crippen LogP contribution in [0.1, 0.15) is 15.9 Å². The van der Waals surface area contributed by atoms with Crippen molar-refractivity contribution >= 4 is 49.2 Å². The molecule has 0 aliphatic heterocycles. The van der Waals surface area contributed by atoms with Crippen LogP contribution in [0.2, 0.25) is 0 Å². The molecule has 0 N–H and O–H groups in total. The molecule has 0 saturated heterocycles. The van der Waals surface area contributed by atoms with E-state index >= 15 is 0 Å². The summed E-state index contributed by atoms with van der Waals surface area (Å²) in [6.07, 6.45) is 2.05. The third-order valence-corrected chi connectivity index (χ3v) is 7.90. The lowest BCUT2D eigenvalue weighted by Gasteiger charge is -2.11. The van der Waals surface area contributed by atoms with Crippen molar-refractivity contribution in [3.05, 3.63) is 58.4 Å². The van der Waals surface area contributed by atoms with Gasteiger partial charge in [-0.15, -0.1) is 0 Å². The third kappa shape index (κ3) is 4.63. The van der Waals surface area contributed by atoms with E-state index in [1.165, 1.54) is 49.7 Å². The lowest BCUT2D eigenvalue weighted by atomic mass is 10.2. The minimum Gasteiger partial charge on any atom is -0.316 e. The average Bonchev–Trinajstić information content (AvgIpc) is 3.02. The largest absolute Gasteiger partial charge is 0.316 e. The quantitative estimate of drug-likeness (QED) is 0.578. The van der Waals surface area contributed by atoms with E-state index in [0.717, 1.165) is 32.4 Å². The van der Waals surface area contributed by atoms with Crippen molar-refractivity contribution in [1.29, 1.82) is 0 Å². The molecule has 0 radical (unpaired) electrons. The van der Waals surface area contributed by atoms with Gasteiger partial charge >= 0.3 is 0 Å². The minimum atomic E-state index is -3.53. The molecule has 6 nitrogen and oxygen atoms in total. The Bertz CT molecular complexity index is 1210. The first kappa shape index (κ1) is 21.8. The van der Waals surface area contributed by atoms with Gasteiger partial charge in [0.05, 0.1) is 15.1 Å². The van der Waals surface area contributed by atoms with Crippen molar-refractivity contribution in [2.45, 2.75) is 18.4 Å². The Morgan fingerprint density at radius 1 is 1.17 bits per heavy atom. The lowest BCUT2D eigenvalue weighted by Crippen LogP contribution is -2.22. The van der Waals surface area contributed by atoms with Crippen molar-refractivity contribution in [2.24, 2.45) is 4.99 Å². The maximum absolute atomic E-state index is 12.7. The van der Waals surface area contributed by atoms with Crippen molar-refractivity contribution in [3.8, 4) is 0 Å². The smallest absolute Gasteiger partial charge is 0.279 e. The molecule has 0 bridgehead atoms. The number of nitrogens with zero attached hydrogens (tertiary/aromatic N) is 3. The Morgan fingerprint density at radius 2 is 1.86 bits per heavy atom. The molecule has 2 aromatic carbocycles. The molecule has 154 valence electrons. The molecule has 0 aliphatic rings. The highest BCUT2D eigenvalue weighted by Crippen LogP contribution is 2.20. The van der Waals surface area contributed by atoms with E-state index in [1.54, 1.807) is 11.8 Å². The summed E-state index contributed by atoms with van der Waals surface area (Å²) < 4.78 is 28.7. The summed E-state index contributed by atoms with van der Waals surface area (Å²) in [5, 5.41) is 0. The number of thioether (sulfide) groups is 1. The Kier molecular flexibility index (Phi) is 6.62. The molecule has 0 aliphatic carbocycles. The zero-order valence-corrected chi connectivity index (χ0v) is 19.2. The van der Waals surface area contributed by atoms with Crippen LogP contribution in [-0.4, -0.2) is 49.3 Å². The summed E-state index contributed by atoms with van der Waals surface area (Å²) in [5.74, 6) is 0.526. The summed E-state index contributed by atoms with van der Waals surface area (Å²) >= 11 is 3.22. The van der Waals surface area contributed by atoms with E-state index in [4.69, 9.17) is 0 Å². The number of carbonyl (C=O) groups excluding carboxylic acids is 1. The van der Waals surface area contributed by atoms with Gasteiger partial charge in [-0.2, -0.15) is 16.8 Å². The molecule has 1 heterocycles. The number of amides is 1. The van der Waals surface area contributed by atoms with Crippen molar-refractivity contribution in [1.82, 2.24) is 8.87 Å². The van der Waals surface area contributed by atoms with E-state index in [2.05, 4.69) is 27.8 Å². The number of sulfonamides is 1. The molecule has 1 amide bonds. The van der Waals surface area contributed by atoms with E-state index in [-0.39, 0.29) is 10.8 Å². The van der Waals surface area contributed by atoms with Gasteiger partial charge in [-0.25, -0.2) is 12.7 Å². The van der Waals surface area contributed by atoms with Crippen LogP contribution in [-0.2, 0) is 16.6 Å². The van der Waals surface area contributed by atoms with E-state index in [9.17, 15) is 13.2 Å². The highest BCUT2D eigenvalue weighted by atomic mass is 32.2. The second-order valence-corrected chi connectivity index (χ2v) is 10.9. The van der Waals surface area contributed by atoms with Crippen LogP contribution in [0.4, 0.5) is 0 Å². The number of aromatic nitrogens is 1. The molecule has 0 spiro atoms. The van der Waals surface area contributed by atoms with Gasteiger partial charge in [0.1, 0.15) is 0 Å². The highest BCUT2D eigenvalue weighted by Gasteiger charge is 2.17. The Labute approximate surface area is 178 Å². The van der Waals surface area contributed by atoms with Gasteiger partial charge in [0.15, 0.2) is 4.80 Å². The maximum atomic E-state index is 12.7. The molecule has 0 saturated carbocycles. The highest BCUT2D eigenvalue weighted by molar-refractivity contribution is 7.98. The first-order valence-corrected chi connectivity index (χ1v) is 12.6. The second-order valence-electron chi connectivity index (χ2n) is 6.73. The van der Waals surface area contributed by atoms with Crippen molar-refractivity contribution < 1.29 is 13.2 Å². The number of rotatable bonds is 6. The molecule has 9 heteroatoms. The van der Waals surface area contributed by atoms with Crippen molar-refractivity contribution in [3.63, 3.8) is 0 Å². The molecule has 0 atom stereocenters. The SMILES string of the molecule is CSCCn1c(=NC(=O)c2ccc(S(=O)(=O)N(C)C)cc2)sc2cc(C)ccc21. The van der Waals surface area contributed by atoms with Gasteiger partial charge in [-0.3, -0.25) is 4.79 Å². The van der Waals surface area contributed by atoms with Crippen LogP contribution in [0, 0.1) is 6.92 Å². The van der Waals surface area contributed by atoms with Gasteiger partial charge in [0.2, 0.25) is 10.0 Å². The fourth-order valence-electron chi connectivity index (χ4n) is 2.80. The molecule has 0 fully saturated rings. The van der Waals surface area contributed by atoms with Crippen LogP contribution in [0.3, 0.4) is 0 Å². The standard InChI is InChI=1S/C20H23N3O3S3/c1-14-5-10-17-18(13-14)28-20(23(17)11-12-27-4)21-19(24)15-6-8-16(9-7-15)29(25,26)22(2)3/h5-10,13H,11-12H2,1-4H3. The lowest BCUT2D eigenvalue weighted by molar-refractivity contribution is 0.0997. The van der Waals surface area contributed by atoms with E-state index < -0.39 is 10.0 Å². The summed E-state index contributed by atoms with van der Waals surface area (Å²) in [7, 11) is -0.585. The zero-order chi connectivity index (χ0) is 21.2. The summed E-state index contributed by atoms with van der Waals surface area (Å²) in [6.45, 7) is 2.80. The fourth-order valence-corrected chi connectivity index (χ4v) is 5.22. The predicted octanol–water partition coefficient (Wildman–Crippen LogP) is 3.37. The Balaban J connectivity index is 2.01. The molecule has 1 aromatic heterocycles. The average molecular weight is 450 g/mol. The summed E-state index contributed by atoms with van der Waals surface area (Å²) in [4.78, 5) is 17.9. The van der Waals surface area contributed by atoms with Gasteiger partial charge in [-0.05, 0) is 55.1 Å². The monoisotopic (exact) mass is 449 g/mol. The predicted molar refractivity (Wildman–Crippen MR) is 120 cm³/mol. The molecular formula is C20H23N3O3S3. The second kappa shape index (κ2) is 8.83. The fraction of sp³-hybridized carbons (Fsp3) is 0.300. The van der Waals surface area contributed by atoms with Crippen LogP contribution < -0.4 is 4.80 Å². The van der Waals surface area contributed by atoms with Gasteiger partial charge < -0.3 is 4.57 Å². The molecule has 0 unspecified atom stereocenters. The summed E-state index contributed by atoms with van der Waals surface area (Å²) in [5.41, 5.74) is 2.58. The van der Waals surface area contributed by atoms with E-state index in [1.807, 2.05) is 13.2 Å². The molecule has 3 aromatic rings. The topological polar surface area (TPSA) is 71.7 Å². The summed E-state index contributed by atoms with van der Waals surface area (Å²) in [6, 6.07) is 12.1. The van der Waals surface area contributed by atoms with Crippen LogP contribution in [0.5, 0.6) is 0 Å². The number of hydrogen-bond donors (Lipinski definition) is 0. The normalized spacial score (nSPS) is 12.8. The molecule has 29 heavy (non-hydrogen) atoms. The van der Waals surface area contributed by atoms with E-state index in [0.29, 0.717) is 10.4 Å².